The molecule has 0 aliphatic heterocycles. The fraction of sp³-hybridized carbons (Fsp3) is 0.800. The highest BCUT2D eigenvalue weighted by Gasteiger charge is 2.16. The van der Waals surface area contributed by atoms with Crippen molar-refractivity contribution < 1.29 is 14.5 Å². The summed E-state index contributed by atoms with van der Waals surface area (Å²) in [6.07, 6.45) is 0. The largest absolute Gasteiger partial charge is 0.398 e. The Labute approximate surface area is 70.6 Å². The molecule has 0 atom stereocenters. The maximum Gasteiger partial charge on any atom is 0.398 e. The molecule has 7 heteroatoms. The van der Waals surface area contributed by atoms with Gasteiger partial charge in [0.05, 0.1) is 13.2 Å². The average Bonchev–Trinajstić information content (AvgIpc) is 2.04. The van der Waals surface area contributed by atoms with Crippen molar-refractivity contribution in [2.24, 2.45) is 11.7 Å². The lowest BCUT2D eigenvalue weighted by Crippen LogP contribution is -2.49. The molecule has 0 fully saturated rings. The molecule has 72 valence electrons. The van der Waals surface area contributed by atoms with Gasteiger partial charge in [0.2, 0.25) is 0 Å². The van der Waals surface area contributed by atoms with E-state index in [9.17, 15) is 4.79 Å². The van der Waals surface area contributed by atoms with Crippen molar-refractivity contribution in [2.45, 2.75) is 13.8 Å². The third kappa shape index (κ3) is 3.49. The monoisotopic (exact) mass is 178 g/mol. The first-order chi connectivity index (χ1) is 5.63. The Kier molecular flexibility index (Phi) is 5.30. The highest BCUT2D eigenvalue weighted by atomic mass is 16.8. The van der Waals surface area contributed by atoms with Crippen LogP contribution in [0.5, 0.6) is 0 Å². The van der Waals surface area contributed by atoms with Crippen LogP contribution in [0.15, 0.2) is 0 Å². The number of nitrogens with two attached hydrogens (primary N) is 2. The molecule has 7 nitrogen and oxygen atoms in total. The third-order valence-electron chi connectivity index (χ3n) is 0.913. The molecule has 0 aliphatic rings. The van der Waals surface area contributed by atoms with E-state index in [1.807, 2.05) is 0 Å². The second kappa shape index (κ2) is 5.72. The number of nitrogens with zero attached hydrogens (tertiary/aromatic N) is 2. The predicted molar refractivity (Wildman–Crippen MR) is 40.7 cm³/mol. The minimum atomic E-state index is -0.765. The lowest BCUT2D eigenvalue weighted by Gasteiger charge is -2.20. The molecule has 2 amide bonds. The lowest BCUT2D eigenvalue weighted by atomic mass is 10.9. The quantitative estimate of drug-likeness (QED) is 0.339. The summed E-state index contributed by atoms with van der Waals surface area (Å²) in [4.78, 5) is 20.2. The highest BCUT2D eigenvalue weighted by Crippen LogP contribution is 1.90. The molecule has 0 saturated heterocycles. The first kappa shape index (κ1) is 11.1. The van der Waals surface area contributed by atoms with Crippen molar-refractivity contribution in [1.29, 1.82) is 0 Å². The van der Waals surface area contributed by atoms with Gasteiger partial charge in [0.25, 0.3) is 0 Å². The predicted octanol–water partition coefficient (Wildman–Crippen LogP) is -0.639. The lowest BCUT2D eigenvalue weighted by molar-refractivity contribution is -0.179. The van der Waals surface area contributed by atoms with Crippen LogP contribution in [-0.2, 0) is 9.68 Å². The van der Waals surface area contributed by atoms with Crippen molar-refractivity contribution in [1.82, 2.24) is 10.3 Å². The van der Waals surface area contributed by atoms with Crippen molar-refractivity contribution in [3.8, 4) is 0 Å². The summed E-state index contributed by atoms with van der Waals surface area (Å²) in [5.41, 5.74) is 0. The number of hydroxylamine groups is 2. The molecular formula is C5H14N4O3. The van der Waals surface area contributed by atoms with Crippen LogP contribution in [0.2, 0.25) is 0 Å². The second-order valence-electron chi connectivity index (χ2n) is 1.77. The number of hydrogen-bond donors (Lipinski definition) is 2. The van der Waals surface area contributed by atoms with E-state index in [0.717, 1.165) is 0 Å². The fourth-order valence-corrected chi connectivity index (χ4v) is 0.486. The summed E-state index contributed by atoms with van der Waals surface area (Å²) in [7, 11) is 0. The van der Waals surface area contributed by atoms with Crippen molar-refractivity contribution in [3.63, 3.8) is 0 Å². The summed E-state index contributed by atoms with van der Waals surface area (Å²) in [5, 5.41) is 1.02. The van der Waals surface area contributed by atoms with Crippen molar-refractivity contribution in [3.05, 3.63) is 0 Å². The van der Waals surface area contributed by atoms with Crippen LogP contribution in [0.25, 0.3) is 0 Å². The van der Waals surface area contributed by atoms with Crippen LogP contribution >= 0.6 is 0 Å². The number of carbonyl (C=O) groups is 1. The van der Waals surface area contributed by atoms with Gasteiger partial charge < -0.3 is 0 Å². The smallest absolute Gasteiger partial charge is 0.254 e. The molecule has 0 bridgehead atoms. The summed E-state index contributed by atoms with van der Waals surface area (Å²) in [5.74, 6) is 10.2. The van der Waals surface area contributed by atoms with E-state index in [1.54, 1.807) is 13.8 Å². The molecule has 0 aromatic rings. The Morgan fingerprint density at radius 3 is 1.75 bits per heavy atom. The molecule has 0 rings (SSSR count). The number of urea groups is 1. The number of amides is 2. The Hall–Kier alpha value is -0.890. The van der Waals surface area contributed by atoms with E-state index < -0.39 is 6.03 Å². The van der Waals surface area contributed by atoms with Gasteiger partial charge in [0.15, 0.2) is 0 Å². The summed E-state index contributed by atoms with van der Waals surface area (Å²) in [6.45, 7) is 3.94. The van der Waals surface area contributed by atoms with Crippen molar-refractivity contribution >= 4 is 6.03 Å². The van der Waals surface area contributed by atoms with Gasteiger partial charge >= 0.3 is 6.03 Å². The van der Waals surface area contributed by atoms with Crippen LogP contribution in [0.4, 0.5) is 4.79 Å². The van der Waals surface area contributed by atoms with Crippen LogP contribution in [0.1, 0.15) is 13.8 Å². The van der Waals surface area contributed by atoms with E-state index in [1.165, 1.54) is 0 Å². The Bertz CT molecular complexity index is 129. The number of carbonyl (C=O) groups excluding carboxylic acids is 1. The van der Waals surface area contributed by atoms with Gasteiger partial charge in [-0.15, -0.1) is 10.3 Å². The minimum absolute atomic E-state index is 0.280. The summed E-state index contributed by atoms with van der Waals surface area (Å²) in [6, 6.07) is -0.765. The highest BCUT2D eigenvalue weighted by molar-refractivity contribution is 5.70. The molecular weight excluding hydrogens is 164 g/mol. The molecule has 0 saturated carbocycles. The van der Waals surface area contributed by atoms with Crippen LogP contribution < -0.4 is 11.7 Å². The van der Waals surface area contributed by atoms with Crippen LogP contribution in [-0.4, -0.2) is 29.6 Å². The van der Waals surface area contributed by atoms with Gasteiger partial charge in [0, 0.05) is 0 Å². The average molecular weight is 178 g/mol. The standard InChI is InChI=1S/C5H14N4O3/c1-3-11-8(6)5(10)9(7)12-4-2/h3-4,6-7H2,1-2H3. The van der Waals surface area contributed by atoms with E-state index in [2.05, 4.69) is 9.68 Å². The van der Waals surface area contributed by atoms with E-state index in [-0.39, 0.29) is 13.2 Å². The van der Waals surface area contributed by atoms with Gasteiger partial charge in [-0.2, -0.15) is 0 Å². The van der Waals surface area contributed by atoms with Gasteiger partial charge in [0.1, 0.15) is 0 Å². The first-order valence-corrected chi connectivity index (χ1v) is 3.52. The Morgan fingerprint density at radius 1 is 1.17 bits per heavy atom. The first-order valence-electron chi connectivity index (χ1n) is 3.52. The van der Waals surface area contributed by atoms with E-state index in [0.29, 0.717) is 10.3 Å². The number of hydrogen-bond acceptors (Lipinski definition) is 5. The molecule has 0 aromatic heterocycles. The van der Waals surface area contributed by atoms with E-state index in [4.69, 9.17) is 11.7 Å². The van der Waals surface area contributed by atoms with Gasteiger partial charge in [-0.1, -0.05) is 0 Å². The molecule has 0 unspecified atom stereocenters. The molecule has 4 N–H and O–H groups in total. The topological polar surface area (TPSA) is 94.1 Å². The normalized spacial score (nSPS) is 9.67. The van der Waals surface area contributed by atoms with E-state index >= 15 is 0 Å². The molecule has 0 aromatic carbocycles. The fourth-order valence-electron chi connectivity index (χ4n) is 0.486. The SMILES string of the molecule is CCON(N)C(=O)N(N)OCC. The third-order valence-corrected chi connectivity index (χ3v) is 0.913. The molecule has 0 spiro atoms. The molecule has 0 heterocycles. The maximum absolute atomic E-state index is 11.0. The second-order valence-corrected chi connectivity index (χ2v) is 1.77. The Balaban J connectivity index is 3.82. The maximum atomic E-state index is 11.0. The number of hydrazine groups is 2. The zero-order valence-electron chi connectivity index (χ0n) is 7.19. The summed E-state index contributed by atoms with van der Waals surface area (Å²) < 4.78 is 0. The Morgan fingerprint density at radius 2 is 1.50 bits per heavy atom. The van der Waals surface area contributed by atoms with Crippen molar-refractivity contribution in [2.75, 3.05) is 13.2 Å². The van der Waals surface area contributed by atoms with Gasteiger partial charge in [-0.3, -0.25) is 9.68 Å². The molecule has 12 heavy (non-hydrogen) atoms. The van der Waals surface area contributed by atoms with Crippen LogP contribution in [0.3, 0.4) is 0 Å². The molecule has 0 aliphatic carbocycles. The zero-order chi connectivity index (χ0) is 9.56. The molecule has 0 radical (unpaired) electrons. The number of rotatable bonds is 4. The van der Waals surface area contributed by atoms with Crippen LogP contribution in [0, 0.1) is 0 Å². The summed E-state index contributed by atoms with van der Waals surface area (Å²) >= 11 is 0. The van der Waals surface area contributed by atoms with Gasteiger partial charge in [-0.05, 0) is 13.8 Å². The van der Waals surface area contributed by atoms with Gasteiger partial charge in [-0.25, -0.2) is 16.5 Å². The minimum Gasteiger partial charge on any atom is -0.254 e. The zero-order valence-corrected chi connectivity index (χ0v) is 7.19.